The molecule has 0 saturated heterocycles. The third kappa shape index (κ3) is 2.22. The number of fused-ring (bicyclic) bond motifs is 6. The fraction of sp³-hybridized carbons (Fsp3) is 0.562. The zero-order valence-electron chi connectivity index (χ0n) is 23.7. The van der Waals surface area contributed by atoms with Crippen LogP contribution >= 0.6 is 0 Å². The summed E-state index contributed by atoms with van der Waals surface area (Å²) in [6, 6.07) is 9.01. The van der Waals surface area contributed by atoms with Crippen LogP contribution in [0, 0.1) is 10.8 Å². The van der Waals surface area contributed by atoms with Gasteiger partial charge in [0.15, 0.2) is 0 Å². The number of hydrogen-bond acceptors (Lipinski definition) is 2. The van der Waals surface area contributed by atoms with Gasteiger partial charge in [0.05, 0.1) is 16.6 Å². The Hall–Kier alpha value is -2.42. The molecular formula is C32H41N3. The first kappa shape index (κ1) is 23.0. The van der Waals surface area contributed by atoms with Crippen molar-refractivity contribution in [3.8, 4) is 0 Å². The number of benzene rings is 1. The Morgan fingerprint density at radius 1 is 0.714 bits per heavy atom. The maximum absolute atomic E-state index is 5.31. The Bertz CT molecular complexity index is 1590. The molecule has 3 aromatic heterocycles. The molecule has 1 unspecified atom stereocenters. The van der Waals surface area contributed by atoms with E-state index in [9.17, 15) is 0 Å². The fourth-order valence-corrected chi connectivity index (χ4v) is 7.88. The van der Waals surface area contributed by atoms with E-state index < -0.39 is 0 Å². The van der Waals surface area contributed by atoms with Gasteiger partial charge in [0.25, 0.3) is 0 Å². The standard InChI is InChI=1S/C32H41N3/c1-27(2,3)22-14-13-18-20(33-22)15-16-35-25-21(34-26(18)35)17-19-23-24(25)29(6,7)31(10,11)32(23,12)30(8,9)28(19,4)5/h13-17H,1-12H3. The first-order valence-electron chi connectivity index (χ1n) is 13.2. The molecule has 3 nitrogen and oxygen atoms in total. The summed E-state index contributed by atoms with van der Waals surface area (Å²) in [6.07, 6.45) is 2.21. The van der Waals surface area contributed by atoms with Crippen molar-refractivity contribution in [3.05, 3.63) is 52.8 Å². The van der Waals surface area contributed by atoms with Crippen molar-refractivity contribution in [2.24, 2.45) is 10.8 Å². The van der Waals surface area contributed by atoms with Crippen molar-refractivity contribution in [2.45, 2.75) is 105 Å². The van der Waals surface area contributed by atoms with Gasteiger partial charge in [0.1, 0.15) is 5.65 Å². The van der Waals surface area contributed by atoms with Gasteiger partial charge >= 0.3 is 0 Å². The summed E-state index contributed by atoms with van der Waals surface area (Å²) in [4.78, 5) is 10.3. The molecule has 1 aromatic carbocycles. The van der Waals surface area contributed by atoms with Gasteiger partial charge in [-0.1, -0.05) is 83.1 Å². The van der Waals surface area contributed by atoms with Crippen LogP contribution in [-0.2, 0) is 21.7 Å². The maximum Gasteiger partial charge on any atom is 0.147 e. The molecule has 3 heterocycles. The zero-order valence-corrected chi connectivity index (χ0v) is 23.7. The molecule has 0 bridgehead atoms. The molecule has 0 amide bonds. The molecule has 0 saturated carbocycles. The molecule has 0 aliphatic heterocycles. The highest BCUT2D eigenvalue weighted by Gasteiger charge is 2.72. The summed E-state index contributed by atoms with van der Waals surface area (Å²) < 4.78 is 2.35. The Labute approximate surface area is 210 Å². The number of aromatic nitrogens is 3. The molecule has 6 rings (SSSR count). The van der Waals surface area contributed by atoms with Gasteiger partial charge in [0, 0.05) is 28.1 Å². The van der Waals surface area contributed by atoms with E-state index >= 15 is 0 Å². The van der Waals surface area contributed by atoms with Crippen molar-refractivity contribution >= 4 is 27.6 Å². The van der Waals surface area contributed by atoms with Gasteiger partial charge in [-0.3, -0.25) is 9.38 Å². The van der Waals surface area contributed by atoms with Crippen LogP contribution in [0.25, 0.3) is 27.6 Å². The van der Waals surface area contributed by atoms with Gasteiger partial charge in [-0.2, -0.15) is 0 Å². The third-order valence-electron chi connectivity index (χ3n) is 11.7. The average Bonchev–Trinajstić information content (AvgIpc) is 3.22. The summed E-state index contributed by atoms with van der Waals surface area (Å²) in [5.74, 6) is 0. The monoisotopic (exact) mass is 467 g/mol. The summed E-state index contributed by atoms with van der Waals surface area (Å²) in [5.41, 5.74) is 10.4. The third-order valence-corrected chi connectivity index (χ3v) is 11.7. The molecule has 0 spiro atoms. The lowest BCUT2D eigenvalue weighted by Crippen LogP contribution is -2.55. The second kappa shape index (κ2) is 5.93. The van der Waals surface area contributed by atoms with Gasteiger partial charge in [0.2, 0.25) is 0 Å². The quantitative estimate of drug-likeness (QED) is 0.261. The molecule has 35 heavy (non-hydrogen) atoms. The predicted octanol–water partition coefficient (Wildman–Crippen LogP) is 8.23. The average molecular weight is 468 g/mol. The zero-order chi connectivity index (χ0) is 25.7. The molecule has 2 aliphatic carbocycles. The lowest BCUT2D eigenvalue weighted by atomic mass is 9.47. The van der Waals surface area contributed by atoms with E-state index in [1.54, 1.807) is 5.56 Å². The van der Waals surface area contributed by atoms with Gasteiger partial charge in [-0.25, -0.2) is 4.98 Å². The highest BCUT2D eigenvalue weighted by atomic mass is 15.0. The van der Waals surface area contributed by atoms with E-state index in [1.807, 2.05) is 0 Å². The first-order chi connectivity index (χ1) is 15.9. The summed E-state index contributed by atoms with van der Waals surface area (Å²) in [5, 5.41) is 1.13. The van der Waals surface area contributed by atoms with Gasteiger partial charge < -0.3 is 0 Å². The Morgan fingerprint density at radius 3 is 1.97 bits per heavy atom. The number of rotatable bonds is 0. The predicted molar refractivity (Wildman–Crippen MR) is 148 cm³/mol. The van der Waals surface area contributed by atoms with Crippen LogP contribution in [-0.4, -0.2) is 14.4 Å². The lowest BCUT2D eigenvalue weighted by Gasteiger charge is -2.56. The van der Waals surface area contributed by atoms with Crippen LogP contribution in [0.2, 0.25) is 0 Å². The minimum absolute atomic E-state index is 0.00161. The summed E-state index contributed by atoms with van der Waals surface area (Å²) in [6.45, 7) is 29.0. The minimum Gasteiger partial charge on any atom is -0.299 e. The number of pyridine rings is 2. The SMILES string of the molecule is CC(C)(C)c1ccc2c(ccn3c2nc2cc4c5c(c23)C(C)(C)C(C)(C)C5(C)C(C)(C)C4(C)C)n1. The lowest BCUT2D eigenvalue weighted by molar-refractivity contribution is -0.0103. The van der Waals surface area contributed by atoms with E-state index in [1.165, 1.54) is 16.6 Å². The molecule has 2 aliphatic rings. The van der Waals surface area contributed by atoms with Crippen molar-refractivity contribution in [1.82, 2.24) is 14.4 Å². The van der Waals surface area contributed by atoms with Crippen molar-refractivity contribution in [2.75, 3.05) is 0 Å². The topological polar surface area (TPSA) is 30.2 Å². The second-order valence-corrected chi connectivity index (χ2v) is 14.7. The Morgan fingerprint density at radius 2 is 1.34 bits per heavy atom. The van der Waals surface area contributed by atoms with Crippen LogP contribution in [0.5, 0.6) is 0 Å². The summed E-state index contributed by atoms with van der Waals surface area (Å²) in [7, 11) is 0. The van der Waals surface area contributed by atoms with E-state index in [0.29, 0.717) is 0 Å². The number of imidazole rings is 1. The minimum atomic E-state index is -0.00161. The van der Waals surface area contributed by atoms with Gasteiger partial charge in [-0.05, 0) is 62.6 Å². The Kier molecular flexibility index (Phi) is 3.90. The normalized spacial score (nSPS) is 25.6. The van der Waals surface area contributed by atoms with E-state index in [0.717, 1.165) is 27.8 Å². The molecule has 0 radical (unpaired) electrons. The smallest absolute Gasteiger partial charge is 0.147 e. The largest absolute Gasteiger partial charge is 0.299 e. The van der Waals surface area contributed by atoms with Crippen LogP contribution in [0.3, 0.4) is 0 Å². The van der Waals surface area contributed by atoms with Crippen LogP contribution in [0.15, 0.2) is 30.5 Å². The molecule has 184 valence electrons. The maximum atomic E-state index is 5.31. The van der Waals surface area contributed by atoms with E-state index in [2.05, 4.69) is 118 Å². The summed E-state index contributed by atoms with van der Waals surface area (Å²) >= 11 is 0. The second-order valence-electron chi connectivity index (χ2n) is 14.7. The van der Waals surface area contributed by atoms with Crippen LogP contribution in [0.1, 0.15) is 105 Å². The van der Waals surface area contributed by atoms with Gasteiger partial charge in [-0.15, -0.1) is 0 Å². The fourth-order valence-electron chi connectivity index (χ4n) is 7.88. The van der Waals surface area contributed by atoms with Crippen LogP contribution < -0.4 is 0 Å². The van der Waals surface area contributed by atoms with Crippen molar-refractivity contribution in [1.29, 1.82) is 0 Å². The number of hydrogen-bond donors (Lipinski definition) is 0. The molecule has 1 atom stereocenters. The van der Waals surface area contributed by atoms with E-state index in [4.69, 9.17) is 9.97 Å². The molecule has 0 N–H and O–H groups in total. The molecule has 4 aromatic rings. The first-order valence-corrected chi connectivity index (χ1v) is 13.2. The van der Waals surface area contributed by atoms with Crippen LogP contribution in [0.4, 0.5) is 0 Å². The van der Waals surface area contributed by atoms with Crippen molar-refractivity contribution in [3.63, 3.8) is 0 Å². The Balaban J connectivity index is 1.80. The molecular weight excluding hydrogens is 426 g/mol. The highest BCUT2D eigenvalue weighted by molar-refractivity contribution is 5.99. The molecule has 3 heteroatoms. The van der Waals surface area contributed by atoms with Crippen molar-refractivity contribution < 1.29 is 0 Å². The number of nitrogens with zero attached hydrogens (tertiary/aromatic N) is 3. The molecule has 0 fully saturated rings. The van der Waals surface area contributed by atoms with E-state index in [-0.39, 0.29) is 32.5 Å². The highest BCUT2D eigenvalue weighted by Crippen LogP contribution is 2.76.